The first kappa shape index (κ1) is 12.0. The van der Waals surface area contributed by atoms with E-state index in [0.29, 0.717) is 18.1 Å². The Balaban J connectivity index is 2.17. The van der Waals surface area contributed by atoms with Gasteiger partial charge in [0.15, 0.2) is 0 Å². The number of nitrogens with zero attached hydrogens (tertiary/aromatic N) is 1. The molecule has 0 saturated heterocycles. The quantitative estimate of drug-likeness (QED) is 0.768. The van der Waals surface area contributed by atoms with Gasteiger partial charge in [-0.05, 0) is 18.2 Å². The molecule has 1 aromatic carbocycles. The van der Waals surface area contributed by atoms with Crippen LogP contribution >= 0.6 is 0 Å². The Morgan fingerprint density at radius 2 is 1.94 bits per heavy atom. The van der Waals surface area contributed by atoms with Crippen molar-refractivity contribution in [1.29, 1.82) is 0 Å². The van der Waals surface area contributed by atoms with Crippen LogP contribution in [0.3, 0.4) is 0 Å². The fourth-order valence-electron chi connectivity index (χ4n) is 1.50. The highest BCUT2D eigenvalue weighted by atomic mass is 16.5. The van der Waals surface area contributed by atoms with Crippen LogP contribution in [0.4, 0.5) is 0 Å². The van der Waals surface area contributed by atoms with Crippen LogP contribution in [0.5, 0.6) is 17.4 Å². The van der Waals surface area contributed by atoms with Crippen molar-refractivity contribution in [2.45, 2.75) is 6.42 Å². The van der Waals surface area contributed by atoms with E-state index in [1.807, 2.05) is 30.3 Å². The Morgan fingerprint density at radius 1 is 1.17 bits per heavy atom. The molecule has 0 bridgehead atoms. The maximum atomic E-state index is 5.65. The number of terminal acetylenes is 1. The van der Waals surface area contributed by atoms with Crippen LogP contribution in [0.1, 0.15) is 5.69 Å². The lowest BCUT2D eigenvalue weighted by molar-refractivity contribution is 0.407. The lowest BCUT2D eigenvalue weighted by Gasteiger charge is -2.07. The van der Waals surface area contributed by atoms with E-state index in [1.54, 1.807) is 19.2 Å². The molecule has 0 saturated carbocycles. The van der Waals surface area contributed by atoms with Gasteiger partial charge in [0.1, 0.15) is 11.5 Å². The molecule has 0 unspecified atom stereocenters. The molecule has 0 aliphatic rings. The smallest absolute Gasteiger partial charge is 0.219 e. The van der Waals surface area contributed by atoms with Gasteiger partial charge in [-0.2, -0.15) is 0 Å². The zero-order chi connectivity index (χ0) is 12.8. The summed E-state index contributed by atoms with van der Waals surface area (Å²) in [5, 5.41) is 0. The molecular formula is C15H13NO2. The predicted octanol–water partition coefficient (Wildman–Crippen LogP) is 3.06. The molecule has 18 heavy (non-hydrogen) atoms. The van der Waals surface area contributed by atoms with Crippen LogP contribution in [0.15, 0.2) is 42.5 Å². The van der Waals surface area contributed by atoms with Crippen molar-refractivity contribution in [3.8, 4) is 29.7 Å². The van der Waals surface area contributed by atoms with Gasteiger partial charge in [0, 0.05) is 12.1 Å². The lowest BCUT2D eigenvalue weighted by atomic mass is 10.3. The molecule has 0 fully saturated rings. The largest absolute Gasteiger partial charge is 0.497 e. The van der Waals surface area contributed by atoms with Crippen LogP contribution in [-0.2, 0) is 6.42 Å². The maximum absolute atomic E-state index is 5.65. The molecular weight excluding hydrogens is 226 g/mol. The minimum atomic E-state index is 0.495. The van der Waals surface area contributed by atoms with Crippen molar-refractivity contribution in [3.63, 3.8) is 0 Å². The second-order valence-corrected chi connectivity index (χ2v) is 3.63. The monoisotopic (exact) mass is 239 g/mol. The van der Waals surface area contributed by atoms with Crippen LogP contribution < -0.4 is 9.47 Å². The number of methoxy groups -OCH3 is 1. The van der Waals surface area contributed by atoms with E-state index < -0.39 is 0 Å². The number of aromatic nitrogens is 1. The number of pyridine rings is 1. The molecule has 0 spiro atoms. The Labute approximate surface area is 106 Å². The third-order valence-corrected chi connectivity index (χ3v) is 2.33. The van der Waals surface area contributed by atoms with Gasteiger partial charge in [-0.3, -0.25) is 0 Å². The molecule has 90 valence electrons. The van der Waals surface area contributed by atoms with Crippen molar-refractivity contribution in [2.75, 3.05) is 7.11 Å². The van der Waals surface area contributed by atoms with Gasteiger partial charge in [0.05, 0.1) is 19.2 Å². The van der Waals surface area contributed by atoms with Gasteiger partial charge in [-0.1, -0.05) is 12.1 Å². The number of benzene rings is 1. The SMILES string of the molecule is C#CCc1cccc(Oc2cccc(OC)c2)n1. The third kappa shape index (κ3) is 3.02. The minimum Gasteiger partial charge on any atom is -0.497 e. The van der Waals surface area contributed by atoms with E-state index in [2.05, 4.69) is 10.9 Å². The highest BCUT2D eigenvalue weighted by Gasteiger charge is 2.01. The number of hydrogen-bond acceptors (Lipinski definition) is 3. The summed E-state index contributed by atoms with van der Waals surface area (Å²) in [6, 6.07) is 12.9. The van der Waals surface area contributed by atoms with Gasteiger partial charge in [-0.25, -0.2) is 4.98 Å². The van der Waals surface area contributed by atoms with Gasteiger partial charge in [0.25, 0.3) is 0 Å². The summed E-state index contributed by atoms with van der Waals surface area (Å²) in [7, 11) is 1.62. The van der Waals surface area contributed by atoms with E-state index in [0.717, 1.165) is 11.4 Å². The second kappa shape index (κ2) is 5.74. The van der Waals surface area contributed by atoms with E-state index >= 15 is 0 Å². The molecule has 1 heterocycles. The standard InChI is InChI=1S/C15H13NO2/c1-3-6-12-7-4-10-15(16-12)18-14-9-5-8-13(11-14)17-2/h1,4-5,7-11H,6H2,2H3. The molecule has 0 aliphatic heterocycles. The zero-order valence-corrected chi connectivity index (χ0v) is 10.1. The van der Waals surface area contributed by atoms with Gasteiger partial charge < -0.3 is 9.47 Å². The first-order valence-corrected chi connectivity index (χ1v) is 5.53. The van der Waals surface area contributed by atoms with Crippen LogP contribution in [0.2, 0.25) is 0 Å². The average molecular weight is 239 g/mol. The highest BCUT2D eigenvalue weighted by Crippen LogP contribution is 2.23. The summed E-state index contributed by atoms with van der Waals surface area (Å²) in [4.78, 5) is 4.31. The summed E-state index contributed by atoms with van der Waals surface area (Å²) in [5.74, 6) is 4.50. The summed E-state index contributed by atoms with van der Waals surface area (Å²) >= 11 is 0. The maximum Gasteiger partial charge on any atom is 0.219 e. The third-order valence-electron chi connectivity index (χ3n) is 2.33. The lowest BCUT2D eigenvalue weighted by Crippen LogP contribution is -1.92. The molecule has 1 aromatic heterocycles. The molecule has 0 atom stereocenters. The number of ether oxygens (including phenoxy) is 2. The Kier molecular flexibility index (Phi) is 3.83. The second-order valence-electron chi connectivity index (χ2n) is 3.63. The summed E-state index contributed by atoms with van der Waals surface area (Å²) in [5.41, 5.74) is 0.817. The molecule has 0 N–H and O–H groups in total. The van der Waals surface area contributed by atoms with Crippen molar-refractivity contribution in [2.24, 2.45) is 0 Å². The van der Waals surface area contributed by atoms with Gasteiger partial charge >= 0.3 is 0 Å². The molecule has 2 aromatic rings. The van der Waals surface area contributed by atoms with Crippen molar-refractivity contribution in [1.82, 2.24) is 4.98 Å². The molecule has 0 amide bonds. The number of hydrogen-bond donors (Lipinski definition) is 0. The molecule has 0 aliphatic carbocycles. The van der Waals surface area contributed by atoms with Crippen molar-refractivity contribution >= 4 is 0 Å². The van der Waals surface area contributed by atoms with Gasteiger partial charge in [0.2, 0.25) is 5.88 Å². The first-order chi connectivity index (χ1) is 8.81. The molecule has 0 radical (unpaired) electrons. The topological polar surface area (TPSA) is 31.4 Å². The number of rotatable bonds is 4. The molecule has 3 heteroatoms. The van der Waals surface area contributed by atoms with E-state index in [1.165, 1.54) is 0 Å². The fourth-order valence-corrected chi connectivity index (χ4v) is 1.50. The van der Waals surface area contributed by atoms with Crippen LogP contribution in [0, 0.1) is 12.3 Å². The highest BCUT2D eigenvalue weighted by molar-refractivity contribution is 5.35. The van der Waals surface area contributed by atoms with Crippen molar-refractivity contribution < 1.29 is 9.47 Å². The Hall–Kier alpha value is -2.47. The van der Waals surface area contributed by atoms with E-state index in [4.69, 9.17) is 15.9 Å². The summed E-state index contributed by atoms with van der Waals surface area (Å²) in [6.45, 7) is 0. The minimum absolute atomic E-state index is 0.495. The first-order valence-electron chi connectivity index (χ1n) is 5.53. The summed E-state index contributed by atoms with van der Waals surface area (Å²) in [6.07, 6.45) is 5.75. The Bertz CT molecular complexity index is 573. The normalized spacial score (nSPS) is 9.56. The van der Waals surface area contributed by atoms with Crippen molar-refractivity contribution in [3.05, 3.63) is 48.2 Å². The Morgan fingerprint density at radius 3 is 2.72 bits per heavy atom. The molecule has 2 rings (SSSR count). The fraction of sp³-hybridized carbons (Fsp3) is 0.133. The molecule has 3 nitrogen and oxygen atoms in total. The van der Waals surface area contributed by atoms with Crippen LogP contribution in [-0.4, -0.2) is 12.1 Å². The van der Waals surface area contributed by atoms with E-state index in [9.17, 15) is 0 Å². The van der Waals surface area contributed by atoms with Gasteiger partial charge in [-0.15, -0.1) is 12.3 Å². The van der Waals surface area contributed by atoms with E-state index in [-0.39, 0.29) is 0 Å². The predicted molar refractivity (Wildman–Crippen MR) is 69.8 cm³/mol. The summed E-state index contributed by atoms with van der Waals surface area (Å²) < 4.78 is 10.8. The van der Waals surface area contributed by atoms with Crippen LogP contribution in [0.25, 0.3) is 0 Å². The zero-order valence-electron chi connectivity index (χ0n) is 10.1. The average Bonchev–Trinajstić information content (AvgIpc) is 2.40.